The average molecular weight is 273 g/mol. The molecule has 1 amide bonds. The summed E-state index contributed by atoms with van der Waals surface area (Å²) in [6, 6.07) is 10.9. The van der Waals surface area contributed by atoms with E-state index in [9.17, 15) is 4.79 Å². The molecular weight excluding hydrogens is 250 g/mol. The smallest absolute Gasteiger partial charge is 0.242 e. The Bertz CT molecular complexity index is 476. The highest BCUT2D eigenvalue weighted by Crippen LogP contribution is 2.35. The molecule has 1 aliphatic carbocycles. The number of hydrogen-bond donors (Lipinski definition) is 1. The molecule has 1 saturated heterocycles. The number of nitrogens with zero attached hydrogens (tertiary/aromatic N) is 2. The molecule has 0 radical (unpaired) electrons. The maximum Gasteiger partial charge on any atom is 0.242 e. The van der Waals surface area contributed by atoms with Crippen LogP contribution < -0.4 is 10.6 Å². The third-order valence-corrected chi connectivity index (χ3v) is 4.68. The fourth-order valence-corrected chi connectivity index (χ4v) is 2.99. The second kappa shape index (κ2) is 5.09. The van der Waals surface area contributed by atoms with Gasteiger partial charge in [-0.05, 0) is 37.8 Å². The molecule has 2 aliphatic rings. The molecule has 0 atom stereocenters. The van der Waals surface area contributed by atoms with E-state index in [0.717, 1.165) is 38.8 Å². The summed E-state index contributed by atoms with van der Waals surface area (Å²) in [6.45, 7) is 1.67. The van der Waals surface area contributed by atoms with Gasteiger partial charge in [-0.15, -0.1) is 0 Å². The van der Waals surface area contributed by atoms with Crippen LogP contribution in [0.2, 0.25) is 0 Å². The SMILES string of the molecule is CN(c1ccccc1)C1CCN(C(=O)C2(N)CC2)CC1. The molecule has 1 aromatic carbocycles. The Kier molecular flexibility index (Phi) is 3.42. The maximum absolute atomic E-state index is 12.2. The highest BCUT2D eigenvalue weighted by molar-refractivity contribution is 5.89. The first-order valence-corrected chi connectivity index (χ1v) is 7.46. The first-order chi connectivity index (χ1) is 9.60. The van der Waals surface area contributed by atoms with Gasteiger partial charge >= 0.3 is 0 Å². The first-order valence-electron chi connectivity index (χ1n) is 7.46. The average Bonchev–Trinajstić information content (AvgIpc) is 3.26. The Morgan fingerprint density at radius 1 is 1.25 bits per heavy atom. The molecule has 0 spiro atoms. The normalized spacial score (nSPS) is 21.6. The Hall–Kier alpha value is -1.55. The third kappa shape index (κ3) is 2.52. The number of likely N-dealkylation sites (tertiary alicyclic amines) is 1. The second-order valence-electron chi connectivity index (χ2n) is 6.13. The summed E-state index contributed by atoms with van der Waals surface area (Å²) in [5.41, 5.74) is 6.73. The van der Waals surface area contributed by atoms with Crippen LogP contribution in [0.25, 0.3) is 0 Å². The lowest BCUT2D eigenvalue weighted by molar-refractivity contribution is -0.134. The predicted octanol–water partition coefficient (Wildman–Crippen LogP) is 1.61. The molecule has 0 aromatic heterocycles. The molecule has 3 rings (SSSR count). The molecule has 1 heterocycles. The van der Waals surface area contributed by atoms with Crippen molar-refractivity contribution in [3.63, 3.8) is 0 Å². The summed E-state index contributed by atoms with van der Waals surface area (Å²) in [5.74, 6) is 0.165. The summed E-state index contributed by atoms with van der Waals surface area (Å²) in [7, 11) is 2.14. The summed E-state index contributed by atoms with van der Waals surface area (Å²) in [5, 5.41) is 0. The van der Waals surface area contributed by atoms with E-state index in [1.54, 1.807) is 0 Å². The molecule has 2 N–H and O–H groups in total. The second-order valence-corrected chi connectivity index (χ2v) is 6.13. The molecular formula is C16H23N3O. The standard InChI is InChI=1S/C16H23N3O/c1-18(13-5-3-2-4-6-13)14-7-11-19(12-8-14)15(20)16(17)9-10-16/h2-6,14H,7-12,17H2,1H3. The van der Waals surface area contributed by atoms with E-state index in [0.29, 0.717) is 6.04 Å². The lowest BCUT2D eigenvalue weighted by atomic mass is 10.0. The lowest BCUT2D eigenvalue weighted by Crippen LogP contribution is -2.51. The van der Waals surface area contributed by atoms with Gasteiger partial charge in [0.15, 0.2) is 0 Å². The highest BCUT2D eigenvalue weighted by Gasteiger charge is 2.48. The zero-order valence-corrected chi connectivity index (χ0v) is 12.1. The van der Waals surface area contributed by atoms with Gasteiger partial charge in [0, 0.05) is 31.9 Å². The number of piperidine rings is 1. The summed E-state index contributed by atoms with van der Waals surface area (Å²) >= 11 is 0. The minimum absolute atomic E-state index is 0.165. The van der Waals surface area contributed by atoms with E-state index in [1.165, 1.54) is 5.69 Å². The van der Waals surface area contributed by atoms with Crippen LogP contribution in [-0.4, -0.2) is 42.5 Å². The van der Waals surface area contributed by atoms with Crippen LogP contribution in [0.15, 0.2) is 30.3 Å². The van der Waals surface area contributed by atoms with Crippen molar-refractivity contribution in [2.45, 2.75) is 37.3 Å². The van der Waals surface area contributed by atoms with E-state index in [-0.39, 0.29) is 5.91 Å². The first kappa shape index (κ1) is 13.4. The van der Waals surface area contributed by atoms with Crippen LogP contribution in [0, 0.1) is 0 Å². The molecule has 4 heteroatoms. The molecule has 1 aliphatic heterocycles. The molecule has 1 saturated carbocycles. The number of nitrogens with two attached hydrogens (primary N) is 1. The fraction of sp³-hybridized carbons (Fsp3) is 0.562. The fourth-order valence-electron chi connectivity index (χ4n) is 2.99. The molecule has 0 bridgehead atoms. The van der Waals surface area contributed by atoms with Gasteiger partial charge in [-0.1, -0.05) is 18.2 Å². The summed E-state index contributed by atoms with van der Waals surface area (Å²) < 4.78 is 0. The van der Waals surface area contributed by atoms with E-state index >= 15 is 0 Å². The van der Waals surface area contributed by atoms with Crippen LogP contribution >= 0.6 is 0 Å². The minimum Gasteiger partial charge on any atom is -0.371 e. The number of benzene rings is 1. The van der Waals surface area contributed by atoms with Gasteiger partial charge in [0.25, 0.3) is 0 Å². The van der Waals surface area contributed by atoms with Gasteiger partial charge in [-0.2, -0.15) is 0 Å². The topological polar surface area (TPSA) is 49.6 Å². The van der Waals surface area contributed by atoms with Crippen LogP contribution in [0.3, 0.4) is 0 Å². The number of rotatable bonds is 3. The van der Waals surface area contributed by atoms with Crippen molar-refractivity contribution < 1.29 is 4.79 Å². The van der Waals surface area contributed by atoms with Crippen LogP contribution in [-0.2, 0) is 4.79 Å². The van der Waals surface area contributed by atoms with Crippen molar-refractivity contribution in [3.8, 4) is 0 Å². The van der Waals surface area contributed by atoms with Crippen molar-refractivity contribution in [1.82, 2.24) is 4.90 Å². The quantitative estimate of drug-likeness (QED) is 0.910. The van der Waals surface area contributed by atoms with Crippen LogP contribution in [0.4, 0.5) is 5.69 Å². The zero-order chi connectivity index (χ0) is 14.2. The van der Waals surface area contributed by atoms with E-state index < -0.39 is 5.54 Å². The molecule has 1 aromatic rings. The maximum atomic E-state index is 12.2. The van der Waals surface area contributed by atoms with Crippen molar-refractivity contribution in [1.29, 1.82) is 0 Å². The van der Waals surface area contributed by atoms with Gasteiger partial charge < -0.3 is 15.5 Å². The predicted molar refractivity (Wildman–Crippen MR) is 80.6 cm³/mol. The number of para-hydroxylation sites is 1. The molecule has 2 fully saturated rings. The van der Waals surface area contributed by atoms with Crippen LogP contribution in [0.5, 0.6) is 0 Å². The highest BCUT2D eigenvalue weighted by atomic mass is 16.2. The minimum atomic E-state index is -0.516. The number of amides is 1. The van der Waals surface area contributed by atoms with Crippen molar-refractivity contribution in [3.05, 3.63) is 30.3 Å². The third-order valence-electron chi connectivity index (χ3n) is 4.68. The van der Waals surface area contributed by atoms with E-state index in [1.807, 2.05) is 11.0 Å². The lowest BCUT2D eigenvalue weighted by Gasteiger charge is -2.38. The molecule has 108 valence electrons. The number of carbonyl (C=O) groups is 1. The summed E-state index contributed by atoms with van der Waals surface area (Å²) in [6.07, 6.45) is 3.76. The Morgan fingerprint density at radius 2 is 1.85 bits per heavy atom. The Morgan fingerprint density at radius 3 is 2.40 bits per heavy atom. The van der Waals surface area contributed by atoms with E-state index in [4.69, 9.17) is 5.73 Å². The summed E-state index contributed by atoms with van der Waals surface area (Å²) in [4.78, 5) is 16.5. The Labute approximate surface area is 120 Å². The van der Waals surface area contributed by atoms with Gasteiger partial charge in [-0.3, -0.25) is 4.79 Å². The largest absolute Gasteiger partial charge is 0.371 e. The van der Waals surface area contributed by atoms with Gasteiger partial charge in [0.05, 0.1) is 5.54 Å². The number of carbonyl (C=O) groups excluding carboxylic acids is 1. The monoisotopic (exact) mass is 273 g/mol. The van der Waals surface area contributed by atoms with Crippen molar-refractivity contribution in [2.75, 3.05) is 25.0 Å². The van der Waals surface area contributed by atoms with E-state index in [2.05, 4.69) is 36.2 Å². The van der Waals surface area contributed by atoms with Crippen LogP contribution in [0.1, 0.15) is 25.7 Å². The Balaban J connectivity index is 1.57. The molecule has 0 unspecified atom stereocenters. The zero-order valence-electron chi connectivity index (χ0n) is 12.1. The van der Waals surface area contributed by atoms with Crippen molar-refractivity contribution in [2.24, 2.45) is 5.73 Å². The molecule has 4 nitrogen and oxygen atoms in total. The van der Waals surface area contributed by atoms with Gasteiger partial charge in [0.1, 0.15) is 0 Å². The molecule has 20 heavy (non-hydrogen) atoms. The van der Waals surface area contributed by atoms with Crippen molar-refractivity contribution >= 4 is 11.6 Å². The van der Waals surface area contributed by atoms with Gasteiger partial charge in [-0.25, -0.2) is 0 Å². The number of anilines is 1. The number of hydrogen-bond acceptors (Lipinski definition) is 3. The van der Waals surface area contributed by atoms with Gasteiger partial charge in [0.2, 0.25) is 5.91 Å².